The number of hydrogen-bond donors (Lipinski definition) is 10. The Morgan fingerprint density at radius 3 is 1.89 bits per heavy atom. The maximum Gasteiger partial charge on any atom is 0.187 e. The minimum absolute atomic E-state index is 0.0316. The highest BCUT2D eigenvalue weighted by Crippen LogP contribution is 2.76. The van der Waals surface area contributed by atoms with Crippen molar-refractivity contribution >= 4 is 0 Å². The average Bonchev–Trinajstić information content (AvgIpc) is 3.73. The van der Waals surface area contributed by atoms with Crippen LogP contribution in [0.3, 0.4) is 0 Å². The molecule has 12 unspecified atom stereocenters. The van der Waals surface area contributed by atoms with E-state index in [0.717, 1.165) is 25.7 Å². The molecule has 15 nitrogen and oxygen atoms in total. The van der Waals surface area contributed by atoms with Gasteiger partial charge in [0.15, 0.2) is 12.6 Å². The van der Waals surface area contributed by atoms with Crippen LogP contribution in [0.5, 0.6) is 0 Å². The van der Waals surface area contributed by atoms with Gasteiger partial charge in [0.2, 0.25) is 0 Å². The first-order valence-electron chi connectivity index (χ1n) is 21.4. The van der Waals surface area contributed by atoms with E-state index in [4.69, 9.17) is 23.7 Å². The van der Waals surface area contributed by atoms with Crippen molar-refractivity contribution in [2.45, 2.75) is 204 Å². The third kappa shape index (κ3) is 6.80. The highest BCUT2D eigenvalue weighted by Gasteiger charge is 2.74. The molecular weight excluding hydrogens is 744 g/mol. The van der Waals surface area contributed by atoms with Gasteiger partial charge in [0, 0.05) is 0 Å². The Hall–Kier alpha value is -0.600. The molecule has 330 valence electrons. The summed E-state index contributed by atoms with van der Waals surface area (Å²) in [6.45, 7) is 15.3. The number of aliphatic hydroxyl groups excluding tert-OH is 9. The van der Waals surface area contributed by atoms with Crippen LogP contribution in [0.1, 0.15) is 107 Å². The number of hydrogen-bond acceptors (Lipinski definition) is 15. The highest BCUT2D eigenvalue weighted by atomic mass is 16.8. The lowest BCUT2D eigenvalue weighted by Crippen LogP contribution is -2.71. The van der Waals surface area contributed by atoms with Crippen LogP contribution in [0.15, 0.2) is 0 Å². The minimum Gasteiger partial charge on any atom is -0.394 e. The zero-order valence-electron chi connectivity index (χ0n) is 35.0. The van der Waals surface area contributed by atoms with Gasteiger partial charge >= 0.3 is 0 Å². The smallest absolute Gasteiger partial charge is 0.187 e. The zero-order valence-corrected chi connectivity index (χ0v) is 35.0. The van der Waals surface area contributed by atoms with Crippen molar-refractivity contribution in [3.05, 3.63) is 0 Å². The summed E-state index contributed by atoms with van der Waals surface area (Å²) >= 11 is 0. The van der Waals surface area contributed by atoms with Crippen LogP contribution in [0, 0.1) is 45.3 Å². The van der Waals surface area contributed by atoms with Crippen molar-refractivity contribution in [3.8, 4) is 0 Å². The van der Waals surface area contributed by atoms with Gasteiger partial charge in [0.1, 0.15) is 48.8 Å². The third-order valence-corrected chi connectivity index (χ3v) is 17.4. The fourth-order valence-electron chi connectivity index (χ4n) is 14.1. The summed E-state index contributed by atoms with van der Waals surface area (Å²) in [5.41, 5.74) is -3.49. The number of fused-ring (bicyclic) bond motifs is 5. The Morgan fingerprint density at radius 2 is 1.30 bits per heavy atom. The second-order valence-corrected chi connectivity index (χ2v) is 21.2. The summed E-state index contributed by atoms with van der Waals surface area (Å²) in [4.78, 5) is 0. The molecule has 0 amide bonds. The van der Waals surface area contributed by atoms with Gasteiger partial charge in [-0.3, -0.25) is 0 Å². The van der Waals surface area contributed by atoms with Gasteiger partial charge in [0.05, 0.1) is 48.8 Å². The van der Waals surface area contributed by atoms with Crippen LogP contribution < -0.4 is 0 Å². The van der Waals surface area contributed by atoms with E-state index in [0.29, 0.717) is 25.7 Å². The van der Waals surface area contributed by atoms with Crippen molar-refractivity contribution in [2.75, 3.05) is 13.2 Å². The lowest BCUT2D eigenvalue weighted by molar-refractivity contribution is -0.383. The van der Waals surface area contributed by atoms with Gasteiger partial charge in [-0.1, -0.05) is 34.6 Å². The molecule has 7 fully saturated rings. The van der Waals surface area contributed by atoms with Crippen molar-refractivity contribution in [3.63, 3.8) is 0 Å². The van der Waals surface area contributed by atoms with Gasteiger partial charge in [-0.05, 0) is 117 Å². The maximum absolute atomic E-state index is 12.4. The van der Waals surface area contributed by atoms with Gasteiger partial charge in [0.25, 0.3) is 0 Å². The van der Waals surface area contributed by atoms with E-state index < -0.39 is 126 Å². The number of aliphatic hydroxyl groups is 10. The molecule has 7 rings (SSSR count). The molecule has 0 spiro atoms. The van der Waals surface area contributed by atoms with Crippen LogP contribution in [0.25, 0.3) is 0 Å². The Labute approximate surface area is 336 Å². The third-order valence-electron chi connectivity index (χ3n) is 17.4. The molecule has 22 atom stereocenters. The molecule has 0 aromatic rings. The van der Waals surface area contributed by atoms with Crippen molar-refractivity contribution < 1.29 is 74.7 Å². The van der Waals surface area contributed by atoms with Crippen molar-refractivity contribution in [1.29, 1.82) is 0 Å². The minimum atomic E-state index is -1.81. The van der Waals surface area contributed by atoms with E-state index in [2.05, 4.69) is 27.7 Å². The Morgan fingerprint density at radius 1 is 0.684 bits per heavy atom. The first-order valence-corrected chi connectivity index (χ1v) is 21.4. The number of ether oxygens (including phenoxy) is 5. The van der Waals surface area contributed by atoms with E-state index in [1.165, 1.54) is 0 Å². The summed E-state index contributed by atoms with van der Waals surface area (Å²) in [6, 6.07) is 0. The molecule has 57 heavy (non-hydrogen) atoms. The SMILES string of the molecule is CC(C)(O)C1CCC(C)(C2CCC3(C)C2C(O)CC2C4(C)CCC(O)C(C)(C)C4C(O[C@@H]4O[C@H](CO)[C@@H](O)[C@H](O)[C@H]4O[C@@H]4O[C@H](CO)[C@@H](O)[C@H](O)[C@H]4O)CC23C)O1. The molecule has 4 aliphatic carbocycles. The fraction of sp³-hybridized carbons (Fsp3) is 1.00. The summed E-state index contributed by atoms with van der Waals surface area (Å²) in [6.07, 6.45) is -12.6. The predicted octanol–water partition coefficient (Wildman–Crippen LogP) is 0.331. The van der Waals surface area contributed by atoms with Crippen LogP contribution in [0.2, 0.25) is 0 Å². The van der Waals surface area contributed by atoms with E-state index in [9.17, 15) is 51.1 Å². The average molecular weight is 817 g/mol. The molecule has 4 saturated carbocycles. The Kier molecular flexibility index (Phi) is 11.7. The van der Waals surface area contributed by atoms with Gasteiger partial charge in [-0.2, -0.15) is 0 Å². The summed E-state index contributed by atoms with van der Waals surface area (Å²) in [5.74, 6) is -0.343. The summed E-state index contributed by atoms with van der Waals surface area (Å²) in [7, 11) is 0. The van der Waals surface area contributed by atoms with E-state index in [1.54, 1.807) is 13.8 Å². The van der Waals surface area contributed by atoms with Crippen LogP contribution in [-0.2, 0) is 23.7 Å². The molecule has 0 aromatic carbocycles. The topological polar surface area (TPSA) is 248 Å². The highest BCUT2D eigenvalue weighted by molar-refractivity contribution is 5.22. The van der Waals surface area contributed by atoms with E-state index >= 15 is 0 Å². The standard InChI is InChI=1S/C42H72O15/c1-37(2)25(46)10-12-39(5)24-15-20(45)27-19(42(8)14-11-26(57-42)38(3,4)52)9-13-40(27,6)41(24,7)16-21(34(37)39)53-36-33(31(50)29(48)23(18-44)55-36)56-35-32(51)30(49)28(47)22(17-43)54-35/h19-36,43-52H,9-18H2,1-8H3/t19?,20?,21?,22-,23-,24?,25?,26?,27?,28-,29-,30+,31+,32-,33-,34?,35+,36-,39?,40?,41?,42?/m1/s1. The Balaban J connectivity index is 1.26. The number of rotatable bonds is 8. The normalized spacial score (nSPS) is 56.5. The van der Waals surface area contributed by atoms with E-state index in [1.807, 2.05) is 13.8 Å². The van der Waals surface area contributed by atoms with Crippen molar-refractivity contribution in [2.24, 2.45) is 45.3 Å². The molecule has 0 bridgehead atoms. The predicted molar refractivity (Wildman–Crippen MR) is 202 cm³/mol. The largest absolute Gasteiger partial charge is 0.394 e. The molecule has 15 heteroatoms. The lowest BCUT2D eigenvalue weighted by Gasteiger charge is -2.72. The maximum atomic E-state index is 12.4. The molecule has 7 aliphatic rings. The molecular formula is C42H72O15. The van der Waals surface area contributed by atoms with Crippen LogP contribution in [0.4, 0.5) is 0 Å². The first kappa shape index (κ1) is 44.5. The fourth-order valence-corrected chi connectivity index (χ4v) is 14.1. The van der Waals surface area contributed by atoms with Crippen molar-refractivity contribution in [1.82, 2.24) is 0 Å². The van der Waals surface area contributed by atoms with Gasteiger partial charge in [-0.25, -0.2) is 0 Å². The molecule has 3 saturated heterocycles. The molecule has 0 radical (unpaired) electrons. The summed E-state index contributed by atoms with van der Waals surface area (Å²) < 4.78 is 31.8. The first-order chi connectivity index (χ1) is 26.4. The molecule has 10 N–H and O–H groups in total. The van der Waals surface area contributed by atoms with Crippen LogP contribution in [-0.4, -0.2) is 161 Å². The quantitative estimate of drug-likeness (QED) is 0.148. The molecule has 3 aliphatic heterocycles. The zero-order chi connectivity index (χ0) is 42.0. The summed E-state index contributed by atoms with van der Waals surface area (Å²) in [5, 5.41) is 109. The Bertz CT molecular complexity index is 1440. The van der Waals surface area contributed by atoms with Crippen LogP contribution >= 0.6 is 0 Å². The van der Waals surface area contributed by atoms with E-state index in [-0.39, 0.29) is 29.8 Å². The van der Waals surface area contributed by atoms with Gasteiger partial charge < -0.3 is 74.7 Å². The lowest BCUT2D eigenvalue weighted by atomic mass is 9.34. The second-order valence-electron chi connectivity index (χ2n) is 21.2. The molecule has 3 heterocycles. The molecule has 0 aromatic heterocycles. The monoisotopic (exact) mass is 816 g/mol. The van der Waals surface area contributed by atoms with Gasteiger partial charge in [-0.15, -0.1) is 0 Å². The second kappa shape index (κ2) is 15.0.